The minimum atomic E-state index is -3.60. The summed E-state index contributed by atoms with van der Waals surface area (Å²) in [6.07, 6.45) is 0. The van der Waals surface area contributed by atoms with E-state index in [2.05, 4.69) is 4.72 Å². The standard InChI is InChI=1S/C20H19NO3S/c1-15-7-13-19(14-8-15)25(22,23)21-17-9-11-18(12-10-17)24-20-6-4-3-5-16(20)2/h3-14,21H,1-2H3. The van der Waals surface area contributed by atoms with Crippen LogP contribution in [0.3, 0.4) is 0 Å². The normalized spacial score (nSPS) is 11.1. The van der Waals surface area contributed by atoms with E-state index in [1.165, 1.54) is 0 Å². The number of benzene rings is 3. The highest BCUT2D eigenvalue weighted by atomic mass is 32.2. The molecular formula is C20H19NO3S. The van der Waals surface area contributed by atoms with E-state index >= 15 is 0 Å². The zero-order valence-electron chi connectivity index (χ0n) is 14.1. The van der Waals surface area contributed by atoms with Crippen LogP contribution in [0, 0.1) is 13.8 Å². The van der Waals surface area contributed by atoms with Crippen molar-refractivity contribution in [2.75, 3.05) is 4.72 Å². The van der Waals surface area contributed by atoms with Gasteiger partial charge in [0.2, 0.25) is 0 Å². The number of hydrogen-bond acceptors (Lipinski definition) is 3. The first kappa shape index (κ1) is 17.0. The first-order valence-electron chi connectivity index (χ1n) is 7.87. The van der Waals surface area contributed by atoms with Crippen molar-refractivity contribution < 1.29 is 13.2 Å². The average Bonchev–Trinajstić information content (AvgIpc) is 2.59. The molecule has 128 valence electrons. The van der Waals surface area contributed by atoms with E-state index in [9.17, 15) is 8.42 Å². The van der Waals surface area contributed by atoms with Crippen molar-refractivity contribution in [1.29, 1.82) is 0 Å². The number of rotatable bonds is 5. The van der Waals surface area contributed by atoms with Crippen LogP contribution in [-0.4, -0.2) is 8.42 Å². The maximum Gasteiger partial charge on any atom is 0.261 e. The summed E-state index contributed by atoms with van der Waals surface area (Å²) in [6.45, 7) is 3.89. The molecule has 1 N–H and O–H groups in total. The Labute approximate surface area is 148 Å². The smallest absolute Gasteiger partial charge is 0.261 e. The van der Waals surface area contributed by atoms with Gasteiger partial charge in [0.05, 0.1) is 4.90 Å². The minimum Gasteiger partial charge on any atom is -0.457 e. The van der Waals surface area contributed by atoms with Crippen LogP contribution in [0.2, 0.25) is 0 Å². The highest BCUT2D eigenvalue weighted by molar-refractivity contribution is 7.92. The molecule has 0 atom stereocenters. The largest absolute Gasteiger partial charge is 0.457 e. The molecular weight excluding hydrogens is 334 g/mol. The Morgan fingerprint density at radius 2 is 1.44 bits per heavy atom. The van der Waals surface area contributed by atoms with Crippen molar-refractivity contribution >= 4 is 15.7 Å². The second-order valence-corrected chi connectivity index (χ2v) is 7.49. The monoisotopic (exact) mass is 353 g/mol. The molecule has 3 aromatic carbocycles. The highest BCUT2D eigenvalue weighted by Gasteiger charge is 2.13. The predicted molar refractivity (Wildman–Crippen MR) is 99.7 cm³/mol. The van der Waals surface area contributed by atoms with Crippen molar-refractivity contribution in [3.63, 3.8) is 0 Å². The molecule has 0 heterocycles. The first-order valence-corrected chi connectivity index (χ1v) is 9.35. The van der Waals surface area contributed by atoms with Crippen LogP contribution in [0.4, 0.5) is 5.69 Å². The Balaban J connectivity index is 1.74. The Hall–Kier alpha value is -2.79. The fourth-order valence-electron chi connectivity index (χ4n) is 2.32. The lowest BCUT2D eigenvalue weighted by molar-refractivity contribution is 0.479. The molecule has 3 rings (SSSR count). The molecule has 0 bridgehead atoms. The third-order valence-corrected chi connectivity index (χ3v) is 5.16. The fraction of sp³-hybridized carbons (Fsp3) is 0.100. The van der Waals surface area contributed by atoms with Crippen LogP contribution in [0.25, 0.3) is 0 Å². The van der Waals surface area contributed by atoms with E-state index < -0.39 is 10.0 Å². The third kappa shape index (κ3) is 4.19. The van der Waals surface area contributed by atoms with Gasteiger partial charge in [-0.1, -0.05) is 35.9 Å². The lowest BCUT2D eigenvalue weighted by atomic mass is 10.2. The Bertz CT molecular complexity index is 963. The lowest BCUT2D eigenvalue weighted by Crippen LogP contribution is -2.12. The van der Waals surface area contributed by atoms with Gasteiger partial charge < -0.3 is 4.74 Å². The van der Waals surface area contributed by atoms with Gasteiger partial charge in [-0.15, -0.1) is 0 Å². The summed E-state index contributed by atoms with van der Waals surface area (Å²) in [4.78, 5) is 0.235. The quantitative estimate of drug-likeness (QED) is 0.710. The molecule has 25 heavy (non-hydrogen) atoms. The topological polar surface area (TPSA) is 55.4 Å². The van der Waals surface area contributed by atoms with Gasteiger partial charge in [-0.25, -0.2) is 8.42 Å². The van der Waals surface area contributed by atoms with Crippen molar-refractivity contribution in [3.8, 4) is 11.5 Å². The van der Waals surface area contributed by atoms with Crippen molar-refractivity contribution in [2.24, 2.45) is 0 Å². The molecule has 3 aromatic rings. The first-order chi connectivity index (χ1) is 11.9. The summed E-state index contributed by atoms with van der Waals surface area (Å²) in [7, 11) is -3.60. The molecule has 5 heteroatoms. The number of ether oxygens (including phenoxy) is 1. The van der Waals surface area contributed by atoms with E-state index in [1.54, 1.807) is 48.5 Å². The third-order valence-electron chi connectivity index (χ3n) is 3.76. The molecule has 0 unspecified atom stereocenters. The van der Waals surface area contributed by atoms with E-state index in [4.69, 9.17) is 4.74 Å². The van der Waals surface area contributed by atoms with Gasteiger partial charge in [0.25, 0.3) is 10.0 Å². The number of anilines is 1. The molecule has 0 aliphatic carbocycles. The van der Waals surface area contributed by atoms with Gasteiger partial charge in [0.1, 0.15) is 11.5 Å². The predicted octanol–water partition coefficient (Wildman–Crippen LogP) is 4.90. The second-order valence-electron chi connectivity index (χ2n) is 5.81. The number of para-hydroxylation sites is 1. The van der Waals surface area contributed by atoms with Gasteiger partial charge in [0.15, 0.2) is 0 Å². The SMILES string of the molecule is Cc1ccc(S(=O)(=O)Nc2ccc(Oc3ccccc3C)cc2)cc1. The Morgan fingerprint density at radius 1 is 0.800 bits per heavy atom. The summed E-state index contributed by atoms with van der Waals surface area (Å²) in [5.74, 6) is 1.42. The molecule has 0 amide bonds. The lowest BCUT2D eigenvalue weighted by Gasteiger charge is -2.11. The number of sulfonamides is 1. The molecule has 0 aliphatic heterocycles. The van der Waals surface area contributed by atoms with Gasteiger partial charge in [0, 0.05) is 5.69 Å². The number of aryl methyl sites for hydroxylation is 2. The Morgan fingerprint density at radius 3 is 2.08 bits per heavy atom. The van der Waals surface area contributed by atoms with Gasteiger partial charge in [-0.3, -0.25) is 4.72 Å². The summed E-state index contributed by atoms with van der Waals surface area (Å²) >= 11 is 0. The van der Waals surface area contributed by atoms with Crippen LogP contribution >= 0.6 is 0 Å². The minimum absolute atomic E-state index is 0.235. The maximum atomic E-state index is 12.4. The summed E-state index contributed by atoms with van der Waals surface area (Å²) in [5, 5.41) is 0. The van der Waals surface area contributed by atoms with E-state index in [-0.39, 0.29) is 4.90 Å². The van der Waals surface area contributed by atoms with E-state index in [0.29, 0.717) is 11.4 Å². The molecule has 0 fully saturated rings. The molecule has 0 radical (unpaired) electrons. The van der Waals surface area contributed by atoms with Crippen LogP contribution in [-0.2, 0) is 10.0 Å². The molecule has 0 spiro atoms. The highest BCUT2D eigenvalue weighted by Crippen LogP contribution is 2.26. The zero-order chi connectivity index (χ0) is 17.9. The zero-order valence-corrected chi connectivity index (χ0v) is 14.9. The summed E-state index contributed by atoms with van der Waals surface area (Å²) in [6, 6.07) is 21.3. The van der Waals surface area contributed by atoms with E-state index in [1.807, 2.05) is 38.1 Å². The van der Waals surface area contributed by atoms with Crippen LogP contribution in [0.5, 0.6) is 11.5 Å². The van der Waals surface area contributed by atoms with Crippen molar-refractivity contribution in [2.45, 2.75) is 18.7 Å². The van der Waals surface area contributed by atoms with Gasteiger partial charge in [-0.2, -0.15) is 0 Å². The molecule has 4 nitrogen and oxygen atoms in total. The van der Waals surface area contributed by atoms with Crippen molar-refractivity contribution in [3.05, 3.63) is 83.9 Å². The molecule has 0 aliphatic rings. The summed E-state index contributed by atoms with van der Waals surface area (Å²) < 4.78 is 33.2. The van der Waals surface area contributed by atoms with Gasteiger partial charge >= 0.3 is 0 Å². The molecule has 0 saturated carbocycles. The van der Waals surface area contributed by atoms with Crippen LogP contribution in [0.1, 0.15) is 11.1 Å². The second kappa shape index (κ2) is 6.99. The molecule has 0 aromatic heterocycles. The van der Waals surface area contributed by atoms with Crippen molar-refractivity contribution in [1.82, 2.24) is 0 Å². The maximum absolute atomic E-state index is 12.4. The van der Waals surface area contributed by atoms with E-state index in [0.717, 1.165) is 16.9 Å². The number of hydrogen-bond donors (Lipinski definition) is 1. The summed E-state index contributed by atoms with van der Waals surface area (Å²) in [5.41, 5.74) is 2.53. The van der Waals surface area contributed by atoms with Gasteiger partial charge in [-0.05, 0) is 61.9 Å². The Kier molecular flexibility index (Phi) is 4.76. The average molecular weight is 353 g/mol. The van der Waals surface area contributed by atoms with Crippen LogP contribution < -0.4 is 9.46 Å². The van der Waals surface area contributed by atoms with Crippen LogP contribution in [0.15, 0.2) is 77.7 Å². The fourth-order valence-corrected chi connectivity index (χ4v) is 3.38. The number of nitrogens with one attached hydrogen (secondary N) is 1. The molecule has 0 saturated heterocycles.